The number of fused-ring (bicyclic) bond motifs is 1. The maximum atomic E-state index is 5.95. The summed E-state index contributed by atoms with van der Waals surface area (Å²) in [6.45, 7) is 13.7. The predicted molar refractivity (Wildman–Crippen MR) is 139 cm³/mol. The van der Waals surface area contributed by atoms with Gasteiger partial charge in [-0.25, -0.2) is 0 Å². The lowest BCUT2D eigenvalue weighted by atomic mass is 9.80. The molecule has 0 aliphatic heterocycles. The Morgan fingerprint density at radius 1 is 0.600 bits per heavy atom. The van der Waals surface area contributed by atoms with E-state index in [0.29, 0.717) is 12.6 Å². The molecule has 0 saturated heterocycles. The third-order valence-electron chi connectivity index (χ3n) is 6.50. The maximum Gasteiger partial charge on any atom is 0.0708 e. The van der Waals surface area contributed by atoms with E-state index < -0.39 is 0 Å². The van der Waals surface area contributed by atoms with Crippen LogP contribution in [0.4, 0.5) is 0 Å². The quantitative estimate of drug-likeness (QED) is 0.359. The summed E-state index contributed by atoms with van der Waals surface area (Å²) in [5, 5.41) is 2.86. The van der Waals surface area contributed by atoms with Gasteiger partial charge >= 0.3 is 0 Å². The number of benzene rings is 2. The van der Waals surface area contributed by atoms with Gasteiger partial charge in [-0.05, 0) is 106 Å². The van der Waals surface area contributed by atoms with Crippen LogP contribution in [0, 0.1) is 0 Å². The van der Waals surface area contributed by atoms with Crippen molar-refractivity contribution >= 4 is 37.6 Å². The number of hydrogen-bond donors (Lipinski definition) is 0. The Kier molecular flexibility index (Phi) is 9.53. The molecule has 0 aliphatic rings. The van der Waals surface area contributed by atoms with Crippen molar-refractivity contribution in [1.82, 2.24) is 0 Å². The maximum absolute atomic E-state index is 5.95. The molecule has 0 fully saturated rings. The second-order valence-electron chi connectivity index (χ2n) is 7.91. The largest absolute Gasteiger partial charge is 0.0893 e. The van der Waals surface area contributed by atoms with Gasteiger partial charge in [0, 0.05) is 0 Å². The van der Waals surface area contributed by atoms with Crippen LogP contribution < -0.4 is 0 Å². The van der Waals surface area contributed by atoms with E-state index in [0.717, 1.165) is 38.5 Å². The highest BCUT2D eigenvalue weighted by Gasteiger charge is 2.19. The van der Waals surface area contributed by atoms with Gasteiger partial charge in [0.2, 0.25) is 0 Å². The lowest BCUT2D eigenvalue weighted by Crippen LogP contribution is -2.06. The lowest BCUT2D eigenvalue weighted by molar-refractivity contribution is 0.960. The molecule has 0 heterocycles. The molecule has 0 nitrogen and oxygen atoms in total. The Morgan fingerprint density at radius 3 is 1.17 bits per heavy atom. The third-order valence-corrected chi connectivity index (χ3v) is 6.50. The van der Waals surface area contributed by atoms with E-state index in [1.54, 1.807) is 11.1 Å². The minimum absolute atomic E-state index is 0.568. The summed E-state index contributed by atoms with van der Waals surface area (Å²) in [5.41, 5.74) is 11.5. The van der Waals surface area contributed by atoms with E-state index in [1.807, 2.05) is 0 Å². The highest BCUT2D eigenvalue weighted by atomic mass is 14.2. The van der Waals surface area contributed by atoms with E-state index in [4.69, 9.17) is 15.7 Å². The van der Waals surface area contributed by atoms with Crippen LogP contribution in [0.2, 0.25) is 12.6 Å². The molecule has 0 aromatic heterocycles. The molecule has 0 N–H and O–H groups in total. The first kappa shape index (κ1) is 24.6. The average molecular weight is 396 g/mol. The zero-order valence-electron chi connectivity index (χ0n) is 20.1. The molecular weight excluding hydrogens is 358 g/mol. The fraction of sp³-hybridized carbons (Fsp3) is 0.500. The van der Waals surface area contributed by atoms with Crippen molar-refractivity contribution in [2.45, 2.75) is 92.7 Å². The van der Waals surface area contributed by atoms with Gasteiger partial charge in [0.1, 0.15) is 0 Å². The average Bonchev–Trinajstić information content (AvgIpc) is 2.78. The van der Waals surface area contributed by atoms with E-state index in [1.165, 1.54) is 44.2 Å². The van der Waals surface area contributed by atoms with E-state index in [9.17, 15) is 0 Å². The molecule has 0 bridgehead atoms. The molecule has 2 rings (SSSR count). The van der Waals surface area contributed by atoms with Gasteiger partial charge in [0.15, 0.2) is 0 Å². The van der Waals surface area contributed by atoms with Crippen LogP contribution >= 0.6 is 0 Å². The van der Waals surface area contributed by atoms with Gasteiger partial charge in [-0.3, -0.25) is 0 Å². The second kappa shape index (κ2) is 11.6. The highest BCUT2D eigenvalue weighted by molar-refractivity contribution is 6.11. The van der Waals surface area contributed by atoms with Crippen LogP contribution in [0.15, 0.2) is 24.3 Å². The Labute approximate surface area is 188 Å². The standard InChI is InChI=1S/C28H38B2/c1-7-19(13-15-29)25-17-27-23(11-5)21(9-3)22(10-4)24(12-6)28(27)18-26(25)20(8-2)14-16-30/h13-14,17-18H,7-12,15-16H2,1-6H3/b19-13+,20-14+. The molecule has 0 unspecified atom stereocenters. The van der Waals surface area contributed by atoms with Crippen molar-refractivity contribution in [1.29, 1.82) is 0 Å². The van der Waals surface area contributed by atoms with Crippen molar-refractivity contribution in [2.75, 3.05) is 0 Å². The molecule has 4 radical (unpaired) electrons. The summed E-state index contributed by atoms with van der Waals surface area (Å²) in [6.07, 6.45) is 11.8. The first-order chi connectivity index (χ1) is 14.6. The first-order valence-corrected chi connectivity index (χ1v) is 12.0. The second-order valence-corrected chi connectivity index (χ2v) is 7.91. The van der Waals surface area contributed by atoms with Crippen LogP contribution in [0.25, 0.3) is 21.9 Å². The fourth-order valence-corrected chi connectivity index (χ4v) is 5.16. The predicted octanol–water partition coefficient (Wildman–Crippen LogP) is 7.85. The van der Waals surface area contributed by atoms with Gasteiger partial charge in [-0.1, -0.05) is 66.3 Å². The van der Waals surface area contributed by atoms with Crippen LogP contribution in [0.5, 0.6) is 0 Å². The number of hydrogen-bond acceptors (Lipinski definition) is 0. The van der Waals surface area contributed by atoms with Gasteiger partial charge in [-0.2, -0.15) is 0 Å². The summed E-state index contributed by atoms with van der Waals surface area (Å²) in [4.78, 5) is 0. The van der Waals surface area contributed by atoms with E-state index in [2.05, 4.69) is 65.8 Å². The molecule has 0 aliphatic carbocycles. The molecule has 2 aromatic carbocycles. The molecule has 156 valence electrons. The molecule has 0 amide bonds. The summed E-state index contributed by atoms with van der Waals surface area (Å²) >= 11 is 0. The van der Waals surface area contributed by atoms with E-state index in [-0.39, 0.29) is 0 Å². The molecule has 0 saturated carbocycles. The Hall–Kier alpha value is -1.69. The Balaban J connectivity index is 3.11. The molecule has 0 atom stereocenters. The van der Waals surface area contributed by atoms with Crippen LogP contribution in [0.1, 0.15) is 87.8 Å². The smallest absolute Gasteiger partial charge is 0.0708 e. The van der Waals surface area contributed by atoms with Crippen LogP contribution in [-0.4, -0.2) is 15.7 Å². The number of aryl methyl sites for hydroxylation is 2. The molecule has 30 heavy (non-hydrogen) atoms. The topological polar surface area (TPSA) is 0 Å². The van der Waals surface area contributed by atoms with Crippen molar-refractivity contribution in [3.8, 4) is 0 Å². The first-order valence-electron chi connectivity index (χ1n) is 12.0. The fourth-order valence-electron chi connectivity index (χ4n) is 5.16. The summed E-state index contributed by atoms with van der Waals surface area (Å²) in [7, 11) is 11.9. The summed E-state index contributed by atoms with van der Waals surface area (Å²) < 4.78 is 0. The third kappa shape index (κ3) is 4.63. The minimum Gasteiger partial charge on any atom is -0.0893 e. The van der Waals surface area contributed by atoms with Gasteiger partial charge < -0.3 is 0 Å². The van der Waals surface area contributed by atoms with Gasteiger partial charge in [0.05, 0.1) is 15.7 Å². The van der Waals surface area contributed by atoms with Crippen molar-refractivity contribution in [3.05, 3.63) is 57.7 Å². The van der Waals surface area contributed by atoms with Gasteiger partial charge in [0.25, 0.3) is 0 Å². The minimum atomic E-state index is 0.568. The van der Waals surface area contributed by atoms with Crippen molar-refractivity contribution in [3.63, 3.8) is 0 Å². The van der Waals surface area contributed by atoms with E-state index >= 15 is 0 Å². The van der Waals surface area contributed by atoms with Gasteiger partial charge in [-0.15, -0.1) is 0 Å². The zero-order valence-corrected chi connectivity index (χ0v) is 20.1. The molecule has 2 aromatic rings. The summed E-state index contributed by atoms with van der Waals surface area (Å²) in [5.74, 6) is 0. The lowest BCUT2D eigenvalue weighted by Gasteiger charge is -2.24. The molecule has 0 spiro atoms. The van der Waals surface area contributed by atoms with Crippen LogP contribution in [0.3, 0.4) is 0 Å². The number of rotatable bonds is 10. The van der Waals surface area contributed by atoms with Crippen LogP contribution in [-0.2, 0) is 25.7 Å². The normalized spacial score (nSPS) is 12.7. The Morgan fingerprint density at radius 2 is 0.933 bits per heavy atom. The molecular formula is C28H38B2. The SMILES string of the molecule is [B]C/C=C(\CC)c1cc2c(CC)c(CC)c(CC)c(CC)c2cc1/C(=C/C[B])CC. The zero-order chi connectivity index (χ0) is 22.3. The van der Waals surface area contributed by atoms with Crippen molar-refractivity contribution in [2.24, 2.45) is 0 Å². The highest BCUT2D eigenvalue weighted by Crippen LogP contribution is 2.39. The Bertz CT molecular complexity index is 855. The summed E-state index contributed by atoms with van der Waals surface area (Å²) in [6, 6.07) is 4.93. The number of allylic oxidation sites excluding steroid dienone is 4. The molecule has 2 heteroatoms. The monoisotopic (exact) mass is 396 g/mol. The van der Waals surface area contributed by atoms with Crippen molar-refractivity contribution < 1.29 is 0 Å².